The number of carbonyl (C=O) groups is 1. The van der Waals surface area contributed by atoms with Gasteiger partial charge in [-0.3, -0.25) is 19.9 Å². The summed E-state index contributed by atoms with van der Waals surface area (Å²) in [6, 6.07) is 0.383. The predicted octanol–water partition coefficient (Wildman–Crippen LogP) is -2.38. The van der Waals surface area contributed by atoms with Gasteiger partial charge in [-0.2, -0.15) is 5.01 Å². The number of nitrogens with zero attached hydrogens (tertiary/aromatic N) is 3. The van der Waals surface area contributed by atoms with Crippen LogP contribution in [0.15, 0.2) is 11.4 Å². The van der Waals surface area contributed by atoms with Gasteiger partial charge in [0, 0.05) is 65.5 Å². The first kappa shape index (κ1) is 22.1. The number of nitrogens with one attached hydrogen (secondary N) is 4. The summed E-state index contributed by atoms with van der Waals surface area (Å²) in [6.07, 6.45) is 0.789. The number of hydrogen-bond donors (Lipinski definition) is 5. The van der Waals surface area contributed by atoms with Crippen LogP contribution in [-0.2, 0) is 9.53 Å². The third-order valence-electron chi connectivity index (χ3n) is 6.56. The van der Waals surface area contributed by atoms with Crippen LogP contribution in [-0.4, -0.2) is 117 Å². The maximum Gasteiger partial charge on any atom is 0.254 e. The number of ether oxygens (including phenoxy) is 1. The van der Waals surface area contributed by atoms with Crippen LogP contribution in [0.25, 0.3) is 0 Å². The molecular formula is C19H35ClN8O2. The van der Waals surface area contributed by atoms with E-state index in [0.29, 0.717) is 30.5 Å². The molecule has 0 aromatic heterocycles. The summed E-state index contributed by atoms with van der Waals surface area (Å²) < 4.78 is 5.20. The molecule has 0 bridgehead atoms. The van der Waals surface area contributed by atoms with Crippen LogP contribution in [0.3, 0.4) is 0 Å². The highest BCUT2D eigenvalue weighted by Crippen LogP contribution is 2.22. The molecule has 4 aliphatic rings. The highest BCUT2D eigenvalue weighted by Gasteiger charge is 2.41. The molecule has 4 rings (SSSR count). The molecule has 4 unspecified atom stereocenters. The van der Waals surface area contributed by atoms with Gasteiger partial charge in [-0.15, -0.1) is 11.6 Å². The van der Waals surface area contributed by atoms with E-state index >= 15 is 0 Å². The maximum absolute atomic E-state index is 13.2. The SMILES string of the molecule is COCCN1CCN(C2CCNCC2NC(=O)C2=C(N)NN3CC(Cl)CNC23)CC1. The van der Waals surface area contributed by atoms with Crippen LogP contribution >= 0.6 is 11.6 Å². The van der Waals surface area contributed by atoms with Crippen molar-refractivity contribution in [3.63, 3.8) is 0 Å². The second-order valence-corrected chi connectivity index (χ2v) is 9.13. The van der Waals surface area contributed by atoms with E-state index in [1.165, 1.54) is 0 Å². The highest BCUT2D eigenvalue weighted by atomic mass is 35.5. The van der Waals surface area contributed by atoms with Crippen molar-refractivity contribution >= 4 is 17.5 Å². The van der Waals surface area contributed by atoms with Crippen LogP contribution in [0.5, 0.6) is 0 Å². The van der Waals surface area contributed by atoms with Gasteiger partial charge < -0.3 is 26.5 Å². The number of alkyl halides is 1. The Hall–Kier alpha value is -1.14. The molecule has 4 heterocycles. The monoisotopic (exact) mass is 442 g/mol. The summed E-state index contributed by atoms with van der Waals surface area (Å²) in [4.78, 5) is 18.2. The number of piperazine rings is 1. The number of methoxy groups -OCH3 is 1. The second-order valence-electron chi connectivity index (χ2n) is 8.51. The Morgan fingerprint density at radius 3 is 2.87 bits per heavy atom. The topological polar surface area (TPSA) is 110 Å². The van der Waals surface area contributed by atoms with Crippen molar-refractivity contribution < 1.29 is 9.53 Å². The van der Waals surface area contributed by atoms with Gasteiger partial charge in [-0.1, -0.05) is 0 Å². The molecule has 0 aliphatic carbocycles. The summed E-state index contributed by atoms with van der Waals surface area (Å²) in [5.41, 5.74) is 9.82. The first-order valence-electron chi connectivity index (χ1n) is 10.9. The predicted molar refractivity (Wildman–Crippen MR) is 116 cm³/mol. The lowest BCUT2D eigenvalue weighted by Crippen LogP contribution is -2.63. The average molecular weight is 443 g/mol. The van der Waals surface area contributed by atoms with Gasteiger partial charge in [-0.25, -0.2) is 0 Å². The number of fused-ring (bicyclic) bond motifs is 1. The molecule has 4 aliphatic heterocycles. The van der Waals surface area contributed by atoms with E-state index < -0.39 is 0 Å². The number of nitrogens with two attached hydrogens (primary N) is 1. The Morgan fingerprint density at radius 1 is 1.30 bits per heavy atom. The Morgan fingerprint density at radius 2 is 2.10 bits per heavy atom. The van der Waals surface area contributed by atoms with E-state index in [9.17, 15) is 4.79 Å². The molecule has 4 atom stereocenters. The summed E-state index contributed by atoms with van der Waals surface area (Å²) in [5.74, 6) is 0.299. The van der Waals surface area contributed by atoms with Crippen LogP contribution in [0.1, 0.15) is 6.42 Å². The third kappa shape index (κ3) is 4.85. The van der Waals surface area contributed by atoms with E-state index in [1.807, 2.05) is 5.01 Å². The molecule has 1 amide bonds. The van der Waals surface area contributed by atoms with E-state index in [4.69, 9.17) is 22.1 Å². The molecule has 30 heavy (non-hydrogen) atoms. The van der Waals surface area contributed by atoms with Crippen LogP contribution in [0, 0.1) is 0 Å². The molecule has 170 valence electrons. The van der Waals surface area contributed by atoms with Gasteiger partial charge in [0.1, 0.15) is 12.0 Å². The smallest absolute Gasteiger partial charge is 0.254 e. The number of hydrogen-bond acceptors (Lipinski definition) is 9. The molecule has 0 saturated carbocycles. The molecule has 3 fully saturated rings. The first-order chi connectivity index (χ1) is 14.6. The molecule has 0 aromatic rings. The number of carbonyl (C=O) groups excluding carboxylic acids is 1. The van der Waals surface area contributed by atoms with Gasteiger partial charge in [0.2, 0.25) is 0 Å². The summed E-state index contributed by atoms with van der Waals surface area (Å²) in [5, 5.41) is 11.9. The zero-order valence-electron chi connectivity index (χ0n) is 17.7. The molecule has 0 spiro atoms. The van der Waals surface area contributed by atoms with Gasteiger partial charge in [-0.05, 0) is 13.0 Å². The first-order valence-corrected chi connectivity index (χ1v) is 11.4. The highest BCUT2D eigenvalue weighted by molar-refractivity contribution is 6.21. The third-order valence-corrected chi connectivity index (χ3v) is 6.85. The van der Waals surface area contributed by atoms with Gasteiger partial charge in [0.05, 0.1) is 23.6 Å². The Labute approximate surface area is 183 Å². The summed E-state index contributed by atoms with van der Waals surface area (Å²) in [7, 11) is 1.75. The molecule has 3 saturated heterocycles. The number of hydrazine groups is 1. The van der Waals surface area contributed by atoms with Crippen molar-refractivity contribution in [2.75, 3.05) is 72.6 Å². The second kappa shape index (κ2) is 9.99. The minimum absolute atomic E-state index is 0.0153. The van der Waals surface area contributed by atoms with Gasteiger partial charge in [0.15, 0.2) is 0 Å². The quantitative estimate of drug-likeness (QED) is 0.288. The number of rotatable bonds is 6. The fraction of sp³-hybridized carbons (Fsp3) is 0.842. The molecule has 6 N–H and O–H groups in total. The van der Waals surface area contributed by atoms with Crippen molar-refractivity contribution in [1.82, 2.24) is 36.2 Å². The van der Waals surface area contributed by atoms with Gasteiger partial charge >= 0.3 is 0 Å². The lowest BCUT2D eigenvalue weighted by atomic mass is 9.97. The minimum atomic E-state index is -0.237. The lowest BCUT2D eigenvalue weighted by Gasteiger charge is -2.44. The standard InChI is InChI=1S/C19H35ClN8O2/c1-30-9-8-26-4-6-27(7-5-26)15-2-3-22-11-14(15)24-19(29)16-17(21)25-28-12-13(20)10-23-18(16)28/h13-15,18,22-23,25H,2-12,21H2,1H3,(H,24,29). The Balaban J connectivity index is 1.36. The summed E-state index contributed by atoms with van der Waals surface area (Å²) in [6.45, 7) is 8.89. The summed E-state index contributed by atoms with van der Waals surface area (Å²) >= 11 is 6.23. The average Bonchev–Trinajstić information content (AvgIpc) is 3.08. The van der Waals surface area contributed by atoms with Crippen molar-refractivity contribution in [3.8, 4) is 0 Å². The lowest BCUT2D eigenvalue weighted by molar-refractivity contribution is -0.119. The largest absolute Gasteiger partial charge is 0.384 e. The number of piperidine rings is 1. The van der Waals surface area contributed by atoms with Crippen LogP contribution < -0.4 is 27.1 Å². The Bertz CT molecular complexity index is 642. The Kier molecular flexibility index (Phi) is 7.35. The van der Waals surface area contributed by atoms with E-state index in [2.05, 4.69) is 31.2 Å². The fourth-order valence-electron chi connectivity index (χ4n) is 4.92. The minimum Gasteiger partial charge on any atom is -0.384 e. The van der Waals surface area contributed by atoms with Crippen LogP contribution in [0.2, 0.25) is 0 Å². The molecular weight excluding hydrogens is 408 g/mol. The molecule has 10 nitrogen and oxygen atoms in total. The molecule has 11 heteroatoms. The van der Waals surface area contributed by atoms with Crippen LogP contribution in [0.4, 0.5) is 0 Å². The van der Waals surface area contributed by atoms with Crippen molar-refractivity contribution in [2.45, 2.75) is 30.0 Å². The zero-order valence-corrected chi connectivity index (χ0v) is 18.5. The van der Waals surface area contributed by atoms with Gasteiger partial charge in [0.25, 0.3) is 5.91 Å². The zero-order chi connectivity index (χ0) is 21.1. The number of halogens is 1. The van der Waals surface area contributed by atoms with E-state index in [-0.39, 0.29) is 23.5 Å². The fourth-order valence-corrected chi connectivity index (χ4v) is 5.16. The van der Waals surface area contributed by atoms with Crippen molar-refractivity contribution in [3.05, 3.63) is 11.4 Å². The normalized spacial score (nSPS) is 33.9. The maximum atomic E-state index is 13.2. The molecule has 0 radical (unpaired) electrons. The van der Waals surface area contributed by atoms with Crippen molar-refractivity contribution in [1.29, 1.82) is 0 Å². The number of amides is 1. The van der Waals surface area contributed by atoms with E-state index in [1.54, 1.807) is 7.11 Å². The van der Waals surface area contributed by atoms with E-state index in [0.717, 1.165) is 58.8 Å². The molecule has 0 aromatic carbocycles. The van der Waals surface area contributed by atoms with Crippen molar-refractivity contribution in [2.24, 2.45) is 5.73 Å².